The molecule has 2 aliphatic rings. The molecule has 0 saturated carbocycles. The predicted molar refractivity (Wildman–Crippen MR) is 96.6 cm³/mol. The van der Waals surface area contributed by atoms with Crippen molar-refractivity contribution in [2.24, 2.45) is 0 Å². The molecule has 1 unspecified atom stereocenters. The second-order valence-corrected chi connectivity index (χ2v) is 7.01. The molecule has 1 saturated heterocycles. The maximum absolute atomic E-state index is 10.4. The zero-order valence-electron chi connectivity index (χ0n) is 15.2. The van der Waals surface area contributed by atoms with Crippen LogP contribution in [-0.2, 0) is 39.4 Å². The molecule has 2 heterocycles. The van der Waals surface area contributed by atoms with Gasteiger partial charge in [0.15, 0.2) is 6.29 Å². The summed E-state index contributed by atoms with van der Waals surface area (Å²) in [6.07, 6.45) is -2.16. The van der Waals surface area contributed by atoms with Crippen LogP contribution in [0.3, 0.4) is 0 Å². The Bertz CT molecular complexity index is 805. The van der Waals surface area contributed by atoms with Gasteiger partial charge in [0.2, 0.25) is 12.1 Å². The lowest BCUT2D eigenvalue weighted by Gasteiger charge is -2.43. The van der Waals surface area contributed by atoms with Gasteiger partial charge in [0.05, 0.1) is 13.2 Å². The van der Waals surface area contributed by atoms with Crippen molar-refractivity contribution in [3.8, 4) is 0 Å². The third kappa shape index (κ3) is 3.29. The molecule has 0 bridgehead atoms. The van der Waals surface area contributed by atoms with E-state index in [9.17, 15) is 15.3 Å². The van der Waals surface area contributed by atoms with Crippen molar-refractivity contribution >= 4 is 0 Å². The van der Waals surface area contributed by atoms with Gasteiger partial charge in [0, 0.05) is 5.56 Å². The molecule has 2 aromatic rings. The highest BCUT2D eigenvalue weighted by Crippen LogP contribution is 2.45. The second-order valence-electron chi connectivity index (χ2n) is 7.01. The van der Waals surface area contributed by atoms with E-state index in [-0.39, 0.29) is 6.61 Å². The van der Waals surface area contributed by atoms with Crippen LogP contribution in [0.2, 0.25) is 0 Å². The van der Waals surface area contributed by atoms with Crippen LogP contribution in [0.1, 0.15) is 34.7 Å². The molecule has 0 radical (unpaired) electrons. The monoisotopic (exact) mass is 372 g/mol. The minimum atomic E-state index is -1.54. The summed E-state index contributed by atoms with van der Waals surface area (Å²) in [4.78, 5) is 0. The zero-order chi connectivity index (χ0) is 19.0. The van der Waals surface area contributed by atoms with E-state index in [4.69, 9.17) is 14.2 Å². The van der Waals surface area contributed by atoms with Crippen molar-refractivity contribution in [3.05, 3.63) is 70.3 Å². The number of fused-ring (bicyclic) bond motifs is 2. The predicted octanol–water partition coefficient (Wildman–Crippen LogP) is 1.57. The second kappa shape index (κ2) is 7.31. The van der Waals surface area contributed by atoms with E-state index in [1.807, 2.05) is 18.2 Å². The summed E-state index contributed by atoms with van der Waals surface area (Å²) in [7, 11) is 0. The summed E-state index contributed by atoms with van der Waals surface area (Å²) in [5, 5.41) is 29.6. The molecular weight excluding hydrogens is 348 g/mol. The minimum Gasteiger partial charge on any atom is -0.393 e. The molecular formula is C21H24O6. The molecule has 144 valence electrons. The molecule has 0 aromatic heterocycles. The van der Waals surface area contributed by atoms with Gasteiger partial charge in [-0.3, -0.25) is 0 Å². The number of aliphatic hydroxyl groups is 3. The van der Waals surface area contributed by atoms with Gasteiger partial charge in [-0.15, -0.1) is 0 Å². The van der Waals surface area contributed by atoms with E-state index < -0.39 is 31.1 Å². The topological polar surface area (TPSA) is 88.4 Å². The van der Waals surface area contributed by atoms with Crippen LogP contribution in [0, 0.1) is 0 Å². The SMILES string of the molecule is CCc1ccc(Cc2ccc3c(c2)[C@@]2(OC3)OC(CO)[C@@H](O)O[C@@H]2O)cc1. The number of hydrogen-bond donors (Lipinski definition) is 3. The maximum Gasteiger partial charge on any atom is 0.249 e. The summed E-state index contributed by atoms with van der Waals surface area (Å²) in [5.41, 5.74) is 5.08. The number of hydrogen-bond acceptors (Lipinski definition) is 6. The van der Waals surface area contributed by atoms with Gasteiger partial charge in [0.25, 0.3) is 0 Å². The van der Waals surface area contributed by atoms with Crippen molar-refractivity contribution in [1.82, 2.24) is 0 Å². The summed E-state index contributed by atoms with van der Waals surface area (Å²) in [6.45, 7) is 1.94. The Morgan fingerprint density at radius 3 is 2.44 bits per heavy atom. The Morgan fingerprint density at radius 2 is 1.74 bits per heavy atom. The van der Waals surface area contributed by atoms with E-state index in [1.165, 1.54) is 11.1 Å². The van der Waals surface area contributed by atoms with Crippen molar-refractivity contribution < 1.29 is 29.5 Å². The van der Waals surface area contributed by atoms with Crippen LogP contribution in [-0.4, -0.2) is 40.6 Å². The highest BCUT2D eigenvalue weighted by atomic mass is 16.8. The van der Waals surface area contributed by atoms with Crippen LogP contribution in [0.25, 0.3) is 0 Å². The van der Waals surface area contributed by atoms with Crippen molar-refractivity contribution in [2.75, 3.05) is 6.61 Å². The number of rotatable bonds is 4. The number of aliphatic hydroxyl groups excluding tert-OH is 3. The number of benzene rings is 2. The maximum atomic E-state index is 10.4. The zero-order valence-corrected chi connectivity index (χ0v) is 15.2. The van der Waals surface area contributed by atoms with E-state index in [0.29, 0.717) is 5.56 Å². The largest absolute Gasteiger partial charge is 0.393 e. The smallest absolute Gasteiger partial charge is 0.249 e. The first-order valence-corrected chi connectivity index (χ1v) is 9.20. The third-order valence-electron chi connectivity index (χ3n) is 5.25. The lowest BCUT2D eigenvalue weighted by molar-refractivity contribution is -0.442. The lowest BCUT2D eigenvalue weighted by Crippen LogP contribution is -2.57. The van der Waals surface area contributed by atoms with Crippen LogP contribution in [0.5, 0.6) is 0 Å². The van der Waals surface area contributed by atoms with Gasteiger partial charge >= 0.3 is 0 Å². The van der Waals surface area contributed by atoms with Crippen molar-refractivity contribution in [2.45, 2.75) is 50.8 Å². The number of aryl methyl sites for hydroxylation is 1. The first kappa shape index (κ1) is 18.6. The summed E-state index contributed by atoms with van der Waals surface area (Å²) >= 11 is 0. The number of ether oxygens (including phenoxy) is 3. The van der Waals surface area contributed by atoms with E-state index in [0.717, 1.165) is 24.0 Å². The molecule has 1 spiro atoms. The molecule has 27 heavy (non-hydrogen) atoms. The first-order chi connectivity index (χ1) is 13.1. The van der Waals surface area contributed by atoms with Crippen LogP contribution in [0.4, 0.5) is 0 Å². The molecule has 1 fully saturated rings. The van der Waals surface area contributed by atoms with Gasteiger partial charge in [-0.1, -0.05) is 43.3 Å². The molecule has 2 aliphatic heterocycles. The van der Waals surface area contributed by atoms with Gasteiger partial charge in [-0.25, -0.2) is 0 Å². The van der Waals surface area contributed by atoms with E-state index >= 15 is 0 Å². The fourth-order valence-electron chi connectivity index (χ4n) is 3.65. The highest BCUT2D eigenvalue weighted by Gasteiger charge is 2.55. The normalized spacial score (nSPS) is 29.9. The fourth-order valence-corrected chi connectivity index (χ4v) is 3.65. The van der Waals surface area contributed by atoms with Crippen molar-refractivity contribution in [3.63, 3.8) is 0 Å². The van der Waals surface area contributed by atoms with Crippen LogP contribution in [0.15, 0.2) is 42.5 Å². The highest BCUT2D eigenvalue weighted by molar-refractivity contribution is 5.40. The quantitative estimate of drug-likeness (QED) is 0.755. The molecule has 0 aliphatic carbocycles. The Hall–Kier alpha value is -1.80. The average Bonchev–Trinajstić information content (AvgIpc) is 3.04. The average molecular weight is 372 g/mol. The van der Waals surface area contributed by atoms with E-state index in [1.54, 1.807) is 0 Å². The minimum absolute atomic E-state index is 0.259. The Kier molecular flexibility index (Phi) is 5.03. The molecule has 3 N–H and O–H groups in total. The Morgan fingerprint density at radius 1 is 1.04 bits per heavy atom. The summed E-state index contributed by atoms with van der Waals surface area (Å²) in [6, 6.07) is 14.4. The van der Waals surface area contributed by atoms with Crippen molar-refractivity contribution in [1.29, 1.82) is 0 Å². The third-order valence-corrected chi connectivity index (χ3v) is 5.25. The van der Waals surface area contributed by atoms with Gasteiger partial charge in [-0.05, 0) is 41.2 Å². The lowest BCUT2D eigenvalue weighted by atomic mass is 9.95. The molecule has 4 rings (SSSR count). The van der Waals surface area contributed by atoms with Crippen LogP contribution >= 0.6 is 0 Å². The molecule has 2 aromatic carbocycles. The Balaban J connectivity index is 1.63. The fraction of sp³-hybridized carbons (Fsp3) is 0.429. The van der Waals surface area contributed by atoms with Crippen LogP contribution < -0.4 is 0 Å². The Labute approximate surface area is 157 Å². The summed E-state index contributed by atoms with van der Waals surface area (Å²) in [5.74, 6) is -1.54. The van der Waals surface area contributed by atoms with Gasteiger partial charge in [-0.2, -0.15) is 0 Å². The van der Waals surface area contributed by atoms with E-state index in [2.05, 4.69) is 31.2 Å². The summed E-state index contributed by atoms with van der Waals surface area (Å²) < 4.78 is 16.7. The standard InChI is InChI=1S/C21H24O6/c1-2-13-3-5-14(6-4-13)9-15-7-8-16-12-25-21(17(16)10-15)20(24)26-19(23)18(11-22)27-21/h3-8,10,18-20,22-24H,2,9,11-12H2,1H3/t18?,19-,20-,21+/m0/s1. The first-order valence-electron chi connectivity index (χ1n) is 9.20. The molecule has 0 amide bonds. The molecule has 6 heteroatoms. The molecule has 4 atom stereocenters. The van der Waals surface area contributed by atoms with Gasteiger partial charge < -0.3 is 29.5 Å². The molecule has 6 nitrogen and oxygen atoms in total. The van der Waals surface area contributed by atoms with Gasteiger partial charge in [0.1, 0.15) is 6.10 Å².